The maximum absolute atomic E-state index is 12.1. The van der Waals surface area contributed by atoms with Gasteiger partial charge in [0.2, 0.25) is 0 Å². The normalized spacial score (nSPS) is 13.8. The van der Waals surface area contributed by atoms with Crippen molar-refractivity contribution in [1.29, 1.82) is 0 Å². The lowest BCUT2D eigenvalue weighted by molar-refractivity contribution is 0.102. The van der Waals surface area contributed by atoms with E-state index in [9.17, 15) is 4.79 Å². The second-order valence-corrected chi connectivity index (χ2v) is 5.93. The standard InChI is InChI=1S/C19H19N3O2/c1-2-24-19(23)22-11-10-17-16(12-22)18(21-20-17)15-9-5-7-13-6-3-4-8-14(13)15/h3-9H,2,10-12H2,1H3,(H,20,21). The van der Waals surface area contributed by atoms with Crippen LogP contribution in [0.25, 0.3) is 22.0 Å². The molecule has 2 heterocycles. The molecule has 0 saturated carbocycles. The summed E-state index contributed by atoms with van der Waals surface area (Å²) < 4.78 is 5.15. The first-order valence-corrected chi connectivity index (χ1v) is 8.24. The van der Waals surface area contributed by atoms with Crippen molar-refractivity contribution in [1.82, 2.24) is 15.1 Å². The lowest BCUT2D eigenvalue weighted by Gasteiger charge is -2.26. The van der Waals surface area contributed by atoms with Crippen LogP contribution in [0, 0.1) is 0 Å². The van der Waals surface area contributed by atoms with Gasteiger partial charge < -0.3 is 9.64 Å². The highest BCUT2D eigenvalue weighted by Gasteiger charge is 2.26. The van der Waals surface area contributed by atoms with Gasteiger partial charge in [0, 0.05) is 29.8 Å². The van der Waals surface area contributed by atoms with Gasteiger partial charge in [-0.1, -0.05) is 42.5 Å². The summed E-state index contributed by atoms with van der Waals surface area (Å²) in [6, 6.07) is 14.5. The molecule has 5 nitrogen and oxygen atoms in total. The largest absolute Gasteiger partial charge is 0.450 e. The fourth-order valence-corrected chi connectivity index (χ4v) is 3.32. The molecular weight excluding hydrogens is 302 g/mol. The molecule has 1 aliphatic heterocycles. The summed E-state index contributed by atoms with van der Waals surface area (Å²) in [6.07, 6.45) is 0.513. The zero-order chi connectivity index (χ0) is 16.5. The number of carbonyl (C=O) groups excluding carboxylic acids is 1. The van der Waals surface area contributed by atoms with E-state index in [2.05, 4.69) is 34.5 Å². The molecule has 1 amide bonds. The fourth-order valence-electron chi connectivity index (χ4n) is 3.32. The van der Waals surface area contributed by atoms with Crippen molar-refractivity contribution in [3.63, 3.8) is 0 Å². The van der Waals surface area contributed by atoms with Gasteiger partial charge in [0.1, 0.15) is 0 Å². The first-order valence-electron chi connectivity index (χ1n) is 8.24. The number of hydrogen-bond donors (Lipinski definition) is 1. The quantitative estimate of drug-likeness (QED) is 0.782. The van der Waals surface area contributed by atoms with E-state index in [-0.39, 0.29) is 6.09 Å². The number of hydrogen-bond acceptors (Lipinski definition) is 3. The Hall–Kier alpha value is -2.82. The van der Waals surface area contributed by atoms with E-state index in [0.717, 1.165) is 28.9 Å². The van der Waals surface area contributed by atoms with E-state index in [0.29, 0.717) is 19.7 Å². The summed E-state index contributed by atoms with van der Waals surface area (Å²) in [5.74, 6) is 0. The number of H-pyrrole nitrogens is 1. The number of fused-ring (bicyclic) bond motifs is 2. The second-order valence-electron chi connectivity index (χ2n) is 5.93. The van der Waals surface area contributed by atoms with Gasteiger partial charge in [-0.3, -0.25) is 5.10 Å². The van der Waals surface area contributed by atoms with Gasteiger partial charge in [-0.25, -0.2) is 4.79 Å². The molecule has 2 aromatic carbocycles. The van der Waals surface area contributed by atoms with Crippen molar-refractivity contribution in [3.8, 4) is 11.3 Å². The molecule has 0 atom stereocenters. The van der Waals surface area contributed by atoms with Crippen LogP contribution in [0.4, 0.5) is 4.79 Å². The number of ether oxygens (including phenoxy) is 1. The molecule has 122 valence electrons. The molecule has 0 spiro atoms. The maximum atomic E-state index is 12.1. The van der Waals surface area contributed by atoms with Crippen molar-refractivity contribution >= 4 is 16.9 Å². The number of nitrogens with one attached hydrogen (secondary N) is 1. The van der Waals surface area contributed by atoms with Crippen LogP contribution in [-0.2, 0) is 17.7 Å². The third-order valence-corrected chi connectivity index (χ3v) is 4.50. The average Bonchev–Trinajstić information content (AvgIpc) is 3.04. The molecule has 0 saturated heterocycles. The molecule has 0 fully saturated rings. The Morgan fingerprint density at radius 1 is 1.25 bits per heavy atom. The molecular formula is C19H19N3O2. The molecule has 1 aromatic heterocycles. The molecule has 1 aliphatic rings. The molecule has 24 heavy (non-hydrogen) atoms. The van der Waals surface area contributed by atoms with Gasteiger partial charge >= 0.3 is 6.09 Å². The van der Waals surface area contributed by atoms with Crippen molar-refractivity contribution in [2.24, 2.45) is 0 Å². The number of nitrogens with zero attached hydrogens (tertiary/aromatic N) is 2. The molecule has 3 aromatic rings. The minimum absolute atomic E-state index is 0.256. The molecule has 5 heteroatoms. The monoisotopic (exact) mass is 321 g/mol. The summed E-state index contributed by atoms with van der Waals surface area (Å²) in [4.78, 5) is 13.8. The zero-order valence-corrected chi connectivity index (χ0v) is 13.6. The van der Waals surface area contributed by atoms with E-state index in [1.165, 1.54) is 10.8 Å². The molecule has 0 unspecified atom stereocenters. The van der Waals surface area contributed by atoms with Gasteiger partial charge in [0.15, 0.2) is 0 Å². The number of amides is 1. The Bertz CT molecular complexity index is 895. The summed E-state index contributed by atoms with van der Waals surface area (Å²) >= 11 is 0. The number of rotatable bonds is 2. The highest BCUT2D eigenvalue weighted by atomic mass is 16.6. The van der Waals surface area contributed by atoms with Crippen LogP contribution in [0.15, 0.2) is 42.5 Å². The minimum Gasteiger partial charge on any atom is -0.450 e. The lowest BCUT2D eigenvalue weighted by atomic mass is 9.97. The minimum atomic E-state index is -0.256. The summed E-state index contributed by atoms with van der Waals surface area (Å²) in [5, 5.41) is 10.1. The first kappa shape index (κ1) is 14.8. The van der Waals surface area contributed by atoms with Crippen LogP contribution in [0.2, 0.25) is 0 Å². The van der Waals surface area contributed by atoms with Crippen LogP contribution < -0.4 is 0 Å². The SMILES string of the molecule is CCOC(=O)N1CCc2[nH]nc(-c3cccc4ccccc34)c2C1. The first-order chi connectivity index (χ1) is 11.8. The predicted octanol–water partition coefficient (Wildman–Crippen LogP) is 3.74. The highest BCUT2D eigenvalue weighted by Crippen LogP contribution is 2.33. The number of carbonyl (C=O) groups is 1. The summed E-state index contributed by atoms with van der Waals surface area (Å²) in [5.41, 5.74) is 4.22. The van der Waals surface area contributed by atoms with Crippen LogP contribution in [0.1, 0.15) is 18.2 Å². The predicted molar refractivity (Wildman–Crippen MR) is 92.7 cm³/mol. The van der Waals surface area contributed by atoms with Gasteiger partial charge in [0.25, 0.3) is 0 Å². The maximum Gasteiger partial charge on any atom is 0.410 e. The van der Waals surface area contributed by atoms with Gasteiger partial charge in [-0.15, -0.1) is 0 Å². The van der Waals surface area contributed by atoms with Crippen molar-refractivity contribution in [2.75, 3.05) is 13.2 Å². The zero-order valence-electron chi connectivity index (χ0n) is 13.6. The lowest BCUT2D eigenvalue weighted by Crippen LogP contribution is -2.36. The number of aromatic amines is 1. The fraction of sp³-hybridized carbons (Fsp3) is 0.263. The third-order valence-electron chi connectivity index (χ3n) is 4.50. The van der Waals surface area contributed by atoms with Gasteiger partial charge in [-0.2, -0.15) is 5.10 Å². The Labute approximate surface area is 140 Å². The Morgan fingerprint density at radius 3 is 2.96 bits per heavy atom. The second kappa shape index (κ2) is 6.00. The summed E-state index contributed by atoms with van der Waals surface area (Å²) in [7, 11) is 0. The Morgan fingerprint density at radius 2 is 2.08 bits per heavy atom. The van der Waals surface area contributed by atoms with E-state index in [1.807, 2.05) is 25.1 Å². The van der Waals surface area contributed by atoms with E-state index in [1.54, 1.807) is 4.90 Å². The summed E-state index contributed by atoms with van der Waals surface area (Å²) in [6.45, 7) is 3.41. The van der Waals surface area contributed by atoms with Crippen LogP contribution in [-0.4, -0.2) is 34.3 Å². The number of aromatic nitrogens is 2. The molecule has 0 bridgehead atoms. The van der Waals surface area contributed by atoms with Crippen LogP contribution >= 0.6 is 0 Å². The Balaban J connectivity index is 1.76. The van der Waals surface area contributed by atoms with Gasteiger partial charge in [0.05, 0.1) is 18.8 Å². The van der Waals surface area contributed by atoms with E-state index >= 15 is 0 Å². The molecule has 1 N–H and O–H groups in total. The third kappa shape index (κ3) is 2.42. The topological polar surface area (TPSA) is 58.2 Å². The highest BCUT2D eigenvalue weighted by molar-refractivity contribution is 5.96. The van der Waals surface area contributed by atoms with E-state index < -0.39 is 0 Å². The molecule has 0 radical (unpaired) electrons. The van der Waals surface area contributed by atoms with Crippen LogP contribution in [0.5, 0.6) is 0 Å². The van der Waals surface area contributed by atoms with Crippen molar-refractivity contribution in [2.45, 2.75) is 19.9 Å². The van der Waals surface area contributed by atoms with Crippen molar-refractivity contribution in [3.05, 3.63) is 53.7 Å². The average molecular weight is 321 g/mol. The molecule has 4 rings (SSSR count). The van der Waals surface area contributed by atoms with Gasteiger partial charge in [-0.05, 0) is 17.7 Å². The van der Waals surface area contributed by atoms with E-state index in [4.69, 9.17) is 4.74 Å². The van der Waals surface area contributed by atoms with Crippen LogP contribution in [0.3, 0.4) is 0 Å². The molecule has 0 aliphatic carbocycles. The van der Waals surface area contributed by atoms with Crippen molar-refractivity contribution < 1.29 is 9.53 Å². The number of benzene rings is 2. The smallest absolute Gasteiger partial charge is 0.410 e. The Kier molecular flexibility index (Phi) is 3.69.